The lowest BCUT2D eigenvalue weighted by Crippen LogP contribution is -2.06. The maximum atomic E-state index is 13.4. The Hall–Kier alpha value is -1.45. The molecule has 0 radical (unpaired) electrons. The zero-order valence-electron chi connectivity index (χ0n) is 10.7. The SMILES string of the molecule is Cc1c(F)ccc(C(=O)c2ccc(F)c(C)c2Cl)c1Cl. The number of carbonyl (C=O) groups is 1. The molecule has 0 aliphatic carbocycles. The molecule has 0 unspecified atom stereocenters. The Morgan fingerprint density at radius 1 is 0.850 bits per heavy atom. The molecule has 0 amide bonds. The van der Waals surface area contributed by atoms with Gasteiger partial charge in [0.15, 0.2) is 5.78 Å². The molecule has 20 heavy (non-hydrogen) atoms. The van der Waals surface area contributed by atoms with E-state index >= 15 is 0 Å². The molecule has 2 rings (SSSR count). The standard InChI is InChI=1S/C15H10Cl2F2O/c1-7-11(18)5-3-9(13(7)16)15(20)10-4-6-12(19)8(2)14(10)17/h3-6H,1-2H3. The fourth-order valence-electron chi connectivity index (χ4n) is 1.82. The van der Waals surface area contributed by atoms with Crippen LogP contribution in [-0.2, 0) is 0 Å². The second-order valence-electron chi connectivity index (χ2n) is 4.40. The minimum absolute atomic E-state index is 0.0352. The quantitative estimate of drug-likeness (QED) is 0.703. The van der Waals surface area contributed by atoms with Gasteiger partial charge < -0.3 is 0 Å². The van der Waals surface area contributed by atoms with Crippen molar-refractivity contribution < 1.29 is 13.6 Å². The lowest BCUT2D eigenvalue weighted by atomic mass is 9.99. The van der Waals surface area contributed by atoms with Crippen molar-refractivity contribution in [2.75, 3.05) is 0 Å². The molecule has 0 fully saturated rings. The van der Waals surface area contributed by atoms with Gasteiger partial charge in [0, 0.05) is 22.3 Å². The van der Waals surface area contributed by atoms with Gasteiger partial charge in [-0.05, 0) is 38.1 Å². The second-order valence-corrected chi connectivity index (χ2v) is 5.15. The Labute approximate surface area is 125 Å². The number of halogens is 4. The highest BCUT2D eigenvalue weighted by molar-refractivity contribution is 6.38. The molecular formula is C15H10Cl2F2O. The summed E-state index contributed by atoms with van der Waals surface area (Å²) >= 11 is 12.0. The van der Waals surface area contributed by atoms with Crippen LogP contribution in [0.3, 0.4) is 0 Å². The third kappa shape index (κ3) is 2.43. The summed E-state index contributed by atoms with van der Waals surface area (Å²) in [5, 5.41) is 0.0705. The van der Waals surface area contributed by atoms with E-state index in [9.17, 15) is 13.6 Å². The number of rotatable bonds is 2. The molecule has 0 bridgehead atoms. The third-order valence-electron chi connectivity index (χ3n) is 3.13. The maximum Gasteiger partial charge on any atom is 0.196 e. The van der Waals surface area contributed by atoms with E-state index in [0.717, 1.165) is 0 Å². The van der Waals surface area contributed by atoms with E-state index in [1.54, 1.807) is 0 Å². The first-order chi connectivity index (χ1) is 9.34. The zero-order valence-corrected chi connectivity index (χ0v) is 12.2. The number of ketones is 1. The normalized spacial score (nSPS) is 10.7. The first-order valence-electron chi connectivity index (χ1n) is 5.78. The van der Waals surface area contributed by atoms with E-state index in [-0.39, 0.29) is 32.3 Å². The summed E-state index contributed by atoms with van der Waals surface area (Å²) in [6.45, 7) is 2.96. The molecule has 0 spiro atoms. The van der Waals surface area contributed by atoms with Gasteiger partial charge in [0.25, 0.3) is 0 Å². The van der Waals surface area contributed by atoms with Crippen LogP contribution in [0.25, 0.3) is 0 Å². The molecule has 2 aromatic rings. The largest absolute Gasteiger partial charge is 0.288 e. The highest BCUT2D eigenvalue weighted by atomic mass is 35.5. The van der Waals surface area contributed by atoms with Crippen LogP contribution in [0, 0.1) is 25.5 Å². The molecule has 0 heterocycles. The Balaban J connectivity index is 2.58. The molecule has 104 valence electrons. The topological polar surface area (TPSA) is 17.1 Å². The van der Waals surface area contributed by atoms with Crippen LogP contribution in [0.2, 0.25) is 10.0 Å². The van der Waals surface area contributed by atoms with Gasteiger partial charge in [-0.25, -0.2) is 8.78 Å². The van der Waals surface area contributed by atoms with Gasteiger partial charge >= 0.3 is 0 Å². The fourth-order valence-corrected chi connectivity index (χ4v) is 2.30. The third-order valence-corrected chi connectivity index (χ3v) is 4.10. The minimum Gasteiger partial charge on any atom is -0.288 e. The van der Waals surface area contributed by atoms with E-state index < -0.39 is 17.4 Å². The van der Waals surface area contributed by atoms with Crippen molar-refractivity contribution in [2.24, 2.45) is 0 Å². The van der Waals surface area contributed by atoms with Crippen LogP contribution in [0.15, 0.2) is 24.3 Å². The zero-order chi connectivity index (χ0) is 15.0. The molecule has 0 saturated carbocycles. The van der Waals surface area contributed by atoms with E-state index in [1.165, 1.54) is 38.1 Å². The van der Waals surface area contributed by atoms with Gasteiger partial charge in [0.1, 0.15) is 11.6 Å². The molecule has 0 aliphatic heterocycles. The van der Waals surface area contributed by atoms with Crippen LogP contribution in [0.4, 0.5) is 8.78 Å². The Kier molecular flexibility index (Phi) is 4.11. The van der Waals surface area contributed by atoms with E-state index in [2.05, 4.69) is 0 Å². The molecule has 0 saturated heterocycles. The predicted molar refractivity (Wildman–Crippen MR) is 75.7 cm³/mol. The van der Waals surface area contributed by atoms with Gasteiger partial charge in [-0.1, -0.05) is 23.2 Å². The first-order valence-corrected chi connectivity index (χ1v) is 6.54. The molecule has 2 aromatic carbocycles. The molecule has 0 atom stereocenters. The van der Waals surface area contributed by atoms with Crippen molar-refractivity contribution in [1.29, 1.82) is 0 Å². The van der Waals surface area contributed by atoms with Crippen molar-refractivity contribution >= 4 is 29.0 Å². The summed E-state index contributed by atoms with van der Waals surface area (Å²) in [7, 11) is 0. The predicted octanol–water partition coefficient (Wildman–Crippen LogP) is 5.12. The molecular weight excluding hydrogens is 305 g/mol. The van der Waals surface area contributed by atoms with Gasteiger partial charge in [-0.15, -0.1) is 0 Å². The van der Waals surface area contributed by atoms with Crippen molar-refractivity contribution in [3.8, 4) is 0 Å². The van der Waals surface area contributed by atoms with Crippen LogP contribution < -0.4 is 0 Å². The van der Waals surface area contributed by atoms with E-state index in [4.69, 9.17) is 23.2 Å². The van der Waals surface area contributed by atoms with Gasteiger partial charge in [-0.2, -0.15) is 0 Å². The van der Waals surface area contributed by atoms with E-state index in [1.807, 2.05) is 0 Å². The van der Waals surface area contributed by atoms with Crippen LogP contribution >= 0.6 is 23.2 Å². The average Bonchev–Trinajstić information content (AvgIpc) is 2.42. The van der Waals surface area contributed by atoms with Crippen molar-refractivity contribution in [3.63, 3.8) is 0 Å². The Morgan fingerprint density at radius 3 is 1.55 bits per heavy atom. The monoisotopic (exact) mass is 314 g/mol. The fraction of sp³-hybridized carbons (Fsp3) is 0.133. The van der Waals surface area contributed by atoms with E-state index in [0.29, 0.717) is 0 Å². The van der Waals surface area contributed by atoms with Crippen molar-refractivity contribution in [2.45, 2.75) is 13.8 Å². The first kappa shape index (κ1) is 14.9. The highest BCUT2D eigenvalue weighted by Gasteiger charge is 2.20. The summed E-state index contributed by atoms with van der Waals surface area (Å²) in [5.41, 5.74) is 0.650. The van der Waals surface area contributed by atoms with Gasteiger partial charge in [0.2, 0.25) is 0 Å². The van der Waals surface area contributed by atoms with Gasteiger partial charge in [-0.3, -0.25) is 4.79 Å². The lowest BCUT2D eigenvalue weighted by Gasteiger charge is -2.10. The molecule has 0 aliphatic rings. The summed E-state index contributed by atoms with van der Waals surface area (Å²) in [6, 6.07) is 4.92. The number of hydrogen-bond acceptors (Lipinski definition) is 1. The van der Waals surface area contributed by atoms with Crippen molar-refractivity contribution in [1.82, 2.24) is 0 Å². The van der Waals surface area contributed by atoms with Crippen molar-refractivity contribution in [3.05, 3.63) is 68.2 Å². The molecule has 1 nitrogen and oxygen atoms in total. The number of carbonyl (C=O) groups excluding carboxylic acids is 1. The molecule has 5 heteroatoms. The lowest BCUT2D eigenvalue weighted by molar-refractivity contribution is 0.103. The number of benzene rings is 2. The smallest absolute Gasteiger partial charge is 0.196 e. The highest BCUT2D eigenvalue weighted by Crippen LogP contribution is 2.29. The average molecular weight is 315 g/mol. The minimum atomic E-state index is -0.493. The summed E-state index contributed by atoms with van der Waals surface area (Å²) in [4.78, 5) is 12.4. The van der Waals surface area contributed by atoms with Crippen LogP contribution in [0.1, 0.15) is 27.0 Å². The summed E-state index contributed by atoms with van der Waals surface area (Å²) < 4.78 is 26.7. The second kappa shape index (κ2) is 5.51. The maximum absolute atomic E-state index is 13.4. The van der Waals surface area contributed by atoms with Crippen LogP contribution in [-0.4, -0.2) is 5.78 Å². The summed E-state index contributed by atoms with van der Waals surface area (Å²) in [5.74, 6) is -1.45. The summed E-state index contributed by atoms with van der Waals surface area (Å²) in [6.07, 6.45) is 0. The van der Waals surface area contributed by atoms with Gasteiger partial charge in [0.05, 0.1) is 10.0 Å². The Bertz CT molecular complexity index is 652. The Morgan fingerprint density at radius 2 is 1.20 bits per heavy atom. The van der Waals surface area contributed by atoms with Crippen LogP contribution in [0.5, 0.6) is 0 Å². The number of hydrogen-bond donors (Lipinski definition) is 0. The molecule has 0 N–H and O–H groups in total. The molecule has 0 aromatic heterocycles.